The van der Waals surface area contributed by atoms with Crippen LogP contribution in [-0.2, 0) is 0 Å². The van der Waals surface area contributed by atoms with Crippen LogP contribution < -0.4 is 0 Å². The van der Waals surface area contributed by atoms with E-state index in [-0.39, 0.29) is 11.8 Å². The molecule has 24 heavy (non-hydrogen) atoms. The second kappa shape index (κ2) is 6.19. The zero-order chi connectivity index (χ0) is 16.4. The second-order valence-electron chi connectivity index (χ2n) is 5.62. The van der Waals surface area contributed by atoms with Crippen molar-refractivity contribution in [2.45, 2.75) is 12.3 Å². The number of hydrogen-bond acceptors (Lipinski definition) is 6. The largest absolute Gasteiger partial charge is 0.339 e. The van der Waals surface area contributed by atoms with E-state index in [1.54, 1.807) is 29.4 Å². The van der Waals surface area contributed by atoms with Crippen molar-refractivity contribution >= 4 is 5.91 Å². The van der Waals surface area contributed by atoms with Gasteiger partial charge in [0.1, 0.15) is 11.4 Å². The number of likely N-dealkylation sites (tertiary alicyclic amines) is 1. The summed E-state index contributed by atoms with van der Waals surface area (Å²) >= 11 is 0. The number of aromatic nitrogens is 4. The van der Waals surface area contributed by atoms with Crippen LogP contribution in [0.5, 0.6) is 0 Å². The lowest BCUT2D eigenvalue weighted by atomic mass is 10.1. The van der Waals surface area contributed by atoms with E-state index in [0.29, 0.717) is 36.2 Å². The first-order valence-corrected chi connectivity index (χ1v) is 7.76. The minimum absolute atomic E-state index is 0.0441. The number of rotatable bonds is 3. The molecule has 1 aliphatic heterocycles. The lowest BCUT2D eigenvalue weighted by Crippen LogP contribution is -2.29. The Morgan fingerprint density at radius 1 is 1.12 bits per heavy atom. The summed E-state index contributed by atoms with van der Waals surface area (Å²) in [4.78, 5) is 27.0. The van der Waals surface area contributed by atoms with Crippen molar-refractivity contribution in [3.8, 4) is 11.5 Å². The third-order valence-electron chi connectivity index (χ3n) is 4.04. The molecule has 0 unspecified atom stereocenters. The average molecular weight is 321 g/mol. The normalized spacial score (nSPS) is 17.2. The zero-order valence-electron chi connectivity index (χ0n) is 12.9. The Bertz CT molecular complexity index is 834. The highest BCUT2D eigenvalue weighted by Crippen LogP contribution is 2.28. The average Bonchev–Trinajstić information content (AvgIpc) is 3.32. The third kappa shape index (κ3) is 2.76. The first-order chi connectivity index (χ1) is 11.8. The van der Waals surface area contributed by atoms with Crippen molar-refractivity contribution in [3.05, 3.63) is 60.4 Å². The molecule has 7 nitrogen and oxygen atoms in total. The molecular weight excluding hydrogens is 306 g/mol. The Labute approximate surface area is 138 Å². The van der Waals surface area contributed by atoms with Gasteiger partial charge < -0.3 is 9.42 Å². The molecule has 4 rings (SSSR count). The van der Waals surface area contributed by atoms with E-state index in [2.05, 4.69) is 20.1 Å². The quantitative estimate of drug-likeness (QED) is 0.735. The fourth-order valence-electron chi connectivity index (χ4n) is 2.80. The van der Waals surface area contributed by atoms with Crippen LogP contribution >= 0.6 is 0 Å². The van der Waals surface area contributed by atoms with Crippen LogP contribution in [-0.4, -0.2) is 44.0 Å². The molecular formula is C17H15N5O2. The minimum atomic E-state index is -0.0671. The van der Waals surface area contributed by atoms with E-state index in [0.717, 1.165) is 6.42 Å². The van der Waals surface area contributed by atoms with Gasteiger partial charge in [0.2, 0.25) is 11.7 Å². The van der Waals surface area contributed by atoms with Gasteiger partial charge in [-0.15, -0.1) is 0 Å². The molecule has 7 heteroatoms. The van der Waals surface area contributed by atoms with Gasteiger partial charge >= 0.3 is 0 Å². The standard InChI is InChI=1S/C17H15N5O2/c23-17(14-6-2-4-9-19-14)22-10-7-12(11-22)16-20-15(21-24-16)13-5-1-3-8-18-13/h1-6,8-9,12H,7,10-11H2/t12-/m0/s1. The van der Waals surface area contributed by atoms with Crippen molar-refractivity contribution < 1.29 is 9.32 Å². The van der Waals surface area contributed by atoms with Crippen LogP contribution in [0.2, 0.25) is 0 Å². The molecule has 1 saturated heterocycles. The number of hydrogen-bond donors (Lipinski definition) is 0. The summed E-state index contributed by atoms with van der Waals surface area (Å²) in [7, 11) is 0. The van der Waals surface area contributed by atoms with E-state index in [1.807, 2.05) is 24.3 Å². The monoisotopic (exact) mass is 321 g/mol. The summed E-state index contributed by atoms with van der Waals surface area (Å²) in [6.45, 7) is 1.21. The predicted octanol–water partition coefficient (Wildman–Crippen LogP) is 2.16. The van der Waals surface area contributed by atoms with Gasteiger partial charge in [-0.05, 0) is 30.7 Å². The van der Waals surface area contributed by atoms with Gasteiger partial charge in [0.05, 0.1) is 5.92 Å². The molecule has 1 atom stereocenters. The molecule has 1 aliphatic rings. The summed E-state index contributed by atoms with van der Waals surface area (Å²) in [5.41, 5.74) is 1.13. The molecule has 0 saturated carbocycles. The summed E-state index contributed by atoms with van der Waals surface area (Å²) in [6.07, 6.45) is 4.11. The number of amides is 1. The molecule has 0 aromatic carbocycles. The molecule has 1 fully saturated rings. The molecule has 3 aromatic rings. The van der Waals surface area contributed by atoms with Gasteiger partial charge in [0, 0.05) is 25.5 Å². The Morgan fingerprint density at radius 2 is 1.96 bits per heavy atom. The molecule has 1 amide bonds. The van der Waals surface area contributed by atoms with E-state index >= 15 is 0 Å². The van der Waals surface area contributed by atoms with Crippen molar-refractivity contribution in [2.24, 2.45) is 0 Å². The van der Waals surface area contributed by atoms with Crippen LogP contribution in [0.3, 0.4) is 0 Å². The summed E-state index contributed by atoms with van der Waals surface area (Å²) in [5.74, 6) is 0.997. The fraction of sp³-hybridized carbons (Fsp3) is 0.235. The van der Waals surface area contributed by atoms with Crippen LogP contribution in [0.15, 0.2) is 53.3 Å². The summed E-state index contributed by atoms with van der Waals surface area (Å²) in [5, 5.41) is 3.99. The Kier molecular flexibility index (Phi) is 3.74. The maximum Gasteiger partial charge on any atom is 0.272 e. The fourth-order valence-corrected chi connectivity index (χ4v) is 2.80. The van der Waals surface area contributed by atoms with Crippen LogP contribution in [0.25, 0.3) is 11.5 Å². The van der Waals surface area contributed by atoms with Crippen LogP contribution in [0, 0.1) is 0 Å². The molecule has 3 aromatic heterocycles. The van der Waals surface area contributed by atoms with Crippen molar-refractivity contribution in [2.75, 3.05) is 13.1 Å². The van der Waals surface area contributed by atoms with E-state index in [4.69, 9.17) is 4.52 Å². The van der Waals surface area contributed by atoms with Gasteiger partial charge in [0.25, 0.3) is 5.91 Å². The lowest BCUT2D eigenvalue weighted by Gasteiger charge is -2.14. The zero-order valence-corrected chi connectivity index (χ0v) is 12.9. The van der Waals surface area contributed by atoms with E-state index in [9.17, 15) is 4.79 Å². The maximum absolute atomic E-state index is 12.4. The molecule has 0 bridgehead atoms. The molecule has 0 aliphatic carbocycles. The van der Waals surface area contributed by atoms with Gasteiger partial charge in [-0.1, -0.05) is 17.3 Å². The molecule has 120 valence electrons. The number of carbonyl (C=O) groups excluding carboxylic acids is 1. The first-order valence-electron chi connectivity index (χ1n) is 7.76. The van der Waals surface area contributed by atoms with Crippen molar-refractivity contribution in [1.29, 1.82) is 0 Å². The highest BCUT2D eigenvalue weighted by atomic mass is 16.5. The molecule has 4 heterocycles. The van der Waals surface area contributed by atoms with Crippen molar-refractivity contribution in [3.63, 3.8) is 0 Å². The summed E-state index contributed by atoms with van der Waals surface area (Å²) in [6, 6.07) is 10.9. The number of pyridine rings is 2. The predicted molar refractivity (Wildman–Crippen MR) is 85.0 cm³/mol. The van der Waals surface area contributed by atoms with Crippen LogP contribution in [0.4, 0.5) is 0 Å². The second-order valence-corrected chi connectivity index (χ2v) is 5.62. The Balaban J connectivity index is 1.48. The number of carbonyl (C=O) groups is 1. The van der Waals surface area contributed by atoms with Gasteiger partial charge in [-0.25, -0.2) is 0 Å². The summed E-state index contributed by atoms with van der Waals surface area (Å²) < 4.78 is 5.38. The van der Waals surface area contributed by atoms with Gasteiger partial charge in [0.15, 0.2) is 0 Å². The smallest absolute Gasteiger partial charge is 0.272 e. The Morgan fingerprint density at radius 3 is 2.71 bits per heavy atom. The van der Waals surface area contributed by atoms with Crippen molar-refractivity contribution in [1.82, 2.24) is 25.0 Å². The SMILES string of the molecule is O=C(c1ccccn1)N1CC[C@H](c2nc(-c3ccccn3)no2)C1. The first kappa shape index (κ1) is 14.5. The van der Waals surface area contributed by atoms with Gasteiger partial charge in [-0.2, -0.15) is 4.98 Å². The van der Waals surface area contributed by atoms with E-state index < -0.39 is 0 Å². The third-order valence-corrected chi connectivity index (χ3v) is 4.04. The van der Waals surface area contributed by atoms with Crippen LogP contribution in [0.1, 0.15) is 28.7 Å². The molecule has 0 N–H and O–H groups in total. The van der Waals surface area contributed by atoms with E-state index in [1.165, 1.54) is 0 Å². The topological polar surface area (TPSA) is 85.0 Å². The number of nitrogens with zero attached hydrogens (tertiary/aromatic N) is 5. The molecule has 0 radical (unpaired) electrons. The maximum atomic E-state index is 12.4. The molecule has 0 spiro atoms. The minimum Gasteiger partial charge on any atom is -0.339 e. The highest BCUT2D eigenvalue weighted by Gasteiger charge is 2.32. The van der Waals surface area contributed by atoms with Gasteiger partial charge in [-0.3, -0.25) is 14.8 Å². The highest BCUT2D eigenvalue weighted by molar-refractivity contribution is 5.92. The Hall–Kier alpha value is -3.09. The lowest BCUT2D eigenvalue weighted by molar-refractivity contribution is 0.0784.